The lowest BCUT2D eigenvalue weighted by Gasteiger charge is -2.22. The summed E-state index contributed by atoms with van der Waals surface area (Å²) in [5.41, 5.74) is 0.707. The Hall–Kier alpha value is -2.90. The van der Waals surface area contributed by atoms with Crippen LogP contribution in [0.5, 0.6) is 0 Å². The Morgan fingerprint density at radius 1 is 1.19 bits per heavy atom. The van der Waals surface area contributed by atoms with E-state index in [0.717, 1.165) is 41.7 Å². The molecule has 27 heavy (non-hydrogen) atoms. The summed E-state index contributed by atoms with van der Waals surface area (Å²) in [6.45, 7) is -0.479. The second-order valence-electron chi connectivity index (χ2n) is 7.39. The van der Waals surface area contributed by atoms with Crippen molar-refractivity contribution >= 4 is 23.9 Å². The van der Waals surface area contributed by atoms with Crippen molar-refractivity contribution in [1.29, 1.82) is 0 Å². The second-order valence-corrected chi connectivity index (χ2v) is 7.39. The van der Waals surface area contributed by atoms with E-state index in [1.165, 1.54) is 0 Å². The van der Waals surface area contributed by atoms with Crippen LogP contribution in [-0.2, 0) is 21.5 Å². The van der Waals surface area contributed by atoms with Crippen molar-refractivity contribution in [2.24, 2.45) is 0 Å². The summed E-state index contributed by atoms with van der Waals surface area (Å²) in [4.78, 5) is 50.3. The lowest BCUT2D eigenvalue weighted by atomic mass is 9.92. The number of fused-ring (bicyclic) bond motifs is 2. The molecule has 1 saturated carbocycles. The maximum Gasteiger partial charge on any atom is 0.325 e. The molecule has 8 heteroatoms. The van der Waals surface area contributed by atoms with Crippen molar-refractivity contribution < 1.29 is 19.2 Å². The Labute approximate surface area is 156 Å². The first-order valence-electron chi connectivity index (χ1n) is 9.32. The number of nitrogens with zero attached hydrogens (tertiary/aromatic N) is 1. The van der Waals surface area contributed by atoms with E-state index in [9.17, 15) is 19.2 Å². The highest BCUT2D eigenvalue weighted by Crippen LogP contribution is 2.41. The van der Waals surface area contributed by atoms with Crippen molar-refractivity contribution in [3.63, 3.8) is 0 Å². The third-order valence-electron chi connectivity index (χ3n) is 5.67. The fourth-order valence-corrected chi connectivity index (χ4v) is 4.33. The lowest BCUT2D eigenvalue weighted by molar-refractivity contribution is -0.135. The van der Waals surface area contributed by atoms with E-state index in [-0.39, 0.29) is 6.04 Å². The normalized spacial score (nSPS) is 24.2. The van der Waals surface area contributed by atoms with Crippen LogP contribution in [-0.4, -0.2) is 41.4 Å². The van der Waals surface area contributed by atoms with Crippen molar-refractivity contribution in [2.45, 2.75) is 50.1 Å². The molecule has 142 valence electrons. The van der Waals surface area contributed by atoms with Gasteiger partial charge in [0, 0.05) is 6.04 Å². The highest BCUT2D eigenvalue weighted by atomic mass is 16.2. The van der Waals surface area contributed by atoms with Gasteiger partial charge in [0.05, 0.1) is 0 Å². The standard InChI is InChI=1S/C19H22N4O4/c24-15(21-17(26)20-13-6-2-3-7-13)11-23-16(25)19(22-18(23)27)10-9-12-5-1-4-8-14(12)19/h1,4-5,8,13H,2-3,6-7,9-11H2,(H,22,27)(H2,20,21,24,26)/t19-/m1/s1. The van der Waals surface area contributed by atoms with E-state index in [0.29, 0.717) is 12.8 Å². The molecule has 1 aliphatic heterocycles. The van der Waals surface area contributed by atoms with E-state index >= 15 is 0 Å². The van der Waals surface area contributed by atoms with Crippen LogP contribution in [0.3, 0.4) is 0 Å². The van der Waals surface area contributed by atoms with Gasteiger partial charge in [-0.15, -0.1) is 0 Å². The summed E-state index contributed by atoms with van der Waals surface area (Å²) in [6, 6.07) is 6.38. The molecule has 0 aromatic heterocycles. The third-order valence-corrected chi connectivity index (χ3v) is 5.67. The van der Waals surface area contributed by atoms with Gasteiger partial charge in [-0.3, -0.25) is 19.8 Å². The monoisotopic (exact) mass is 370 g/mol. The number of benzene rings is 1. The zero-order valence-electron chi connectivity index (χ0n) is 14.9. The topological polar surface area (TPSA) is 108 Å². The molecule has 1 aromatic rings. The van der Waals surface area contributed by atoms with Crippen molar-refractivity contribution in [3.05, 3.63) is 35.4 Å². The van der Waals surface area contributed by atoms with Crippen LogP contribution in [0.15, 0.2) is 24.3 Å². The van der Waals surface area contributed by atoms with Gasteiger partial charge in [0.25, 0.3) is 5.91 Å². The summed E-state index contributed by atoms with van der Waals surface area (Å²) < 4.78 is 0. The molecular formula is C19H22N4O4. The molecule has 1 heterocycles. The number of amides is 6. The fraction of sp³-hybridized carbons (Fsp3) is 0.474. The quantitative estimate of drug-likeness (QED) is 0.694. The molecule has 4 rings (SSSR count). The number of carbonyl (C=O) groups excluding carboxylic acids is 4. The van der Waals surface area contributed by atoms with E-state index in [1.807, 2.05) is 24.3 Å². The fourth-order valence-electron chi connectivity index (χ4n) is 4.33. The summed E-state index contributed by atoms with van der Waals surface area (Å²) in [6.07, 6.45) is 5.08. The molecule has 1 aromatic carbocycles. The van der Waals surface area contributed by atoms with Crippen molar-refractivity contribution in [1.82, 2.24) is 20.9 Å². The maximum absolute atomic E-state index is 13.0. The number of imide groups is 2. The van der Waals surface area contributed by atoms with Crippen LogP contribution in [0.1, 0.15) is 43.2 Å². The van der Waals surface area contributed by atoms with Crippen LogP contribution >= 0.6 is 0 Å². The Morgan fingerprint density at radius 3 is 2.70 bits per heavy atom. The van der Waals surface area contributed by atoms with Gasteiger partial charge < -0.3 is 10.6 Å². The van der Waals surface area contributed by atoms with Gasteiger partial charge in [-0.1, -0.05) is 37.1 Å². The smallest absolute Gasteiger partial charge is 0.325 e. The predicted octanol–water partition coefficient (Wildman–Crippen LogP) is 1.15. The van der Waals surface area contributed by atoms with E-state index < -0.39 is 36.0 Å². The Morgan fingerprint density at radius 2 is 1.93 bits per heavy atom. The number of hydrogen-bond donors (Lipinski definition) is 3. The van der Waals surface area contributed by atoms with Crippen molar-refractivity contribution in [3.8, 4) is 0 Å². The largest absolute Gasteiger partial charge is 0.335 e. The van der Waals surface area contributed by atoms with E-state index in [4.69, 9.17) is 0 Å². The Bertz CT molecular complexity index is 818. The van der Waals surface area contributed by atoms with E-state index in [1.54, 1.807) is 0 Å². The van der Waals surface area contributed by atoms with Crippen LogP contribution in [0.2, 0.25) is 0 Å². The summed E-state index contributed by atoms with van der Waals surface area (Å²) in [5.74, 6) is -1.12. The van der Waals surface area contributed by atoms with Gasteiger partial charge in [-0.25, -0.2) is 9.59 Å². The van der Waals surface area contributed by atoms with Crippen LogP contribution < -0.4 is 16.0 Å². The molecule has 3 aliphatic rings. The van der Waals surface area contributed by atoms with Gasteiger partial charge in [-0.2, -0.15) is 0 Å². The maximum atomic E-state index is 13.0. The number of rotatable bonds is 3. The van der Waals surface area contributed by atoms with Gasteiger partial charge in [0.15, 0.2) is 0 Å². The minimum atomic E-state index is -1.10. The molecule has 3 N–H and O–H groups in total. The second kappa shape index (κ2) is 6.68. The first-order valence-corrected chi connectivity index (χ1v) is 9.32. The minimum absolute atomic E-state index is 0.0766. The van der Waals surface area contributed by atoms with Crippen LogP contribution in [0.4, 0.5) is 9.59 Å². The lowest BCUT2D eigenvalue weighted by Crippen LogP contribution is -2.48. The van der Waals surface area contributed by atoms with Crippen LogP contribution in [0.25, 0.3) is 0 Å². The molecule has 2 fully saturated rings. The predicted molar refractivity (Wildman–Crippen MR) is 95.6 cm³/mol. The first kappa shape index (κ1) is 17.5. The van der Waals surface area contributed by atoms with E-state index in [2.05, 4.69) is 16.0 Å². The number of nitrogens with one attached hydrogen (secondary N) is 3. The van der Waals surface area contributed by atoms with Crippen LogP contribution in [0, 0.1) is 0 Å². The Balaban J connectivity index is 1.41. The SMILES string of the molecule is O=C(CN1C(=O)N[C@@]2(CCc3ccccc32)C1=O)NC(=O)NC1CCCC1. The average molecular weight is 370 g/mol. The van der Waals surface area contributed by atoms with Gasteiger partial charge in [-0.05, 0) is 36.8 Å². The zero-order chi connectivity index (χ0) is 19.0. The number of carbonyl (C=O) groups is 4. The molecule has 1 atom stereocenters. The molecule has 0 radical (unpaired) electrons. The molecule has 1 saturated heterocycles. The Kier molecular flexibility index (Phi) is 4.33. The highest BCUT2D eigenvalue weighted by molar-refractivity contribution is 6.10. The molecule has 2 aliphatic carbocycles. The molecule has 0 unspecified atom stereocenters. The third kappa shape index (κ3) is 3.05. The molecule has 6 amide bonds. The molecular weight excluding hydrogens is 348 g/mol. The first-order chi connectivity index (χ1) is 13.0. The number of aryl methyl sites for hydroxylation is 1. The average Bonchev–Trinajstić information content (AvgIpc) is 3.32. The number of hydrogen-bond acceptors (Lipinski definition) is 4. The minimum Gasteiger partial charge on any atom is -0.335 e. The summed E-state index contributed by atoms with van der Waals surface area (Å²) in [5, 5.41) is 7.71. The highest BCUT2D eigenvalue weighted by Gasteiger charge is 2.55. The molecule has 0 bridgehead atoms. The van der Waals surface area contributed by atoms with Crippen molar-refractivity contribution in [2.75, 3.05) is 6.54 Å². The number of urea groups is 2. The van der Waals surface area contributed by atoms with Gasteiger partial charge in [0.1, 0.15) is 12.1 Å². The summed E-state index contributed by atoms with van der Waals surface area (Å²) >= 11 is 0. The zero-order valence-corrected chi connectivity index (χ0v) is 14.9. The molecule has 8 nitrogen and oxygen atoms in total. The van der Waals surface area contributed by atoms with Gasteiger partial charge >= 0.3 is 12.1 Å². The summed E-state index contributed by atoms with van der Waals surface area (Å²) in [7, 11) is 0. The van der Waals surface area contributed by atoms with Gasteiger partial charge in [0.2, 0.25) is 5.91 Å². The molecule has 1 spiro atoms.